The zero-order chi connectivity index (χ0) is 61.7. The highest BCUT2D eigenvalue weighted by Gasteiger charge is 2.54. The van der Waals surface area contributed by atoms with Gasteiger partial charge in [0.2, 0.25) is 0 Å². The summed E-state index contributed by atoms with van der Waals surface area (Å²) in [7, 11) is 4.27. The van der Waals surface area contributed by atoms with Crippen LogP contribution in [0.25, 0.3) is 0 Å². The largest absolute Gasteiger partial charge is 0.507 e. The SMILES string of the molecule is CC1(C)CC(NC(=O)c2cccc(C(=O)NC3CC(C)(C)NC(C)(C)C3)c2)CC(C)(C)N1.CCCCC(Cc1cc(C(C)(C)C)c(O)c(C(C)(C)C)c1)(C(=O)OC1CC(C)(C)N(C)C(C)(C)C1)C(=O)OC1CC(C)(C)N(C)C(C)(C)C1. The monoisotopic (exact) mass is 1130 g/mol. The number of benzene rings is 2. The van der Waals surface area contributed by atoms with E-state index in [0.717, 1.165) is 48.8 Å². The first-order valence-corrected chi connectivity index (χ1v) is 30.6. The van der Waals surface area contributed by atoms with Crippen LogP contribution >= 0.6 is 0 Å². The lowest BCUT2D eigenvalue weighted by Gasteiger charge is -2.53. The number of phenols is 1. The Balaban J connectivity index is 0.000000324. The summed E-state index contributed by atoms with van der Waals surface area (Å²) in [5.74, 6) is -0.938. The lowest BCUT2D eigenvalue weighted by molar-refractivity contribution is -0.188. The van der Waals surface area contributed by atoms with Gasteiger partial charge in [0, 0.05) is 93.2 Å². The van der Waals surface area contributed by atoms with Gasteiger partial charge in [-0.05, 0) is 209 Å². The second-order valence-corrected chi connectivity index (χ2v) is 32.7. The van der Waals surface area contributed by atoms with E-state index in [1.807, 2.05) is 12.1 Å². The fourth-order valence-corrected chi connectivity index (χ4v) is 14.7. The third-order valence-electron chi connectivity index (χ3n) is 18.6. The molecule has 13 heteroatoms. The van der Waals surface area contributed by atoms with E-state index in [0.29, 0.717) is 49.7 Å². The van der Waals surface area contributed by atoms with Crippen LogP contribution in [0.15, 0.2) is 36.4 Å². The van der Waals surface area contributed by atoms with Crippen molar-refractivity contribution in [3.63, 3.8) is 0 Å². The van der Waals surface area contributed by atoms with Gasteiger partial charge in [-0.2, -0.15) is 0 Å². The number of rotatable bonds is 13. The summed E-state index contributed by atoms with van der Waals surface area (Å²) in [6.07, 6.45) is 7.47. The number of likely N-dealkylation sites (tertiary alicyclic amines) is 2. The van der Waals surface area contributed by atoms with Crippen LogP contribution in [0.4, 0.5) is 0 Å². The Bertz CT molecular complexity index is 2350. The van der Waals surface area contributed by atoms with Gasteiger partial charge in [0.1, 0.15) is 18.0 Å². The molecule has 6 rings (SSSR count). The van der Waals surface area contributed by atoms with Crippen LogP contribution < -0.4 is 21.3 Å². The highest BCUT2D eigenvalue weighted by Crippen LogP contribution is 2.46. The summed E-state index contributed by atoms with van der Waals surface area (Å²) in [4.78, 5) is 60.7. The van der Waals surface area contributed by atoms with Crippen molar-refractivity contribution in [2.45, 2.75) is 316 Å². The molecule has 4 aliphatic heterocycles. The number of unbranched alkanes of at least 4 members (excludes halogenated alkanes) is 1. The Labute approximate surface area is 491 Å². The molecule has 4 aliphatic rings. The van der Waals surface area contributed by atoms with E-state index in [1.54, 1.807) is 24.3 Å². The topological polar surface area (TPSA) is 162 Å². The molecule has 0 atom stereocenters. The van der Waals surface area contributed by atoms with Crippen LogP contribution in [0.1, 0.15) is 267 Å². The Morgan fingerprint density at radius 2 is 0.877 bits per heavy atom. The van der Waals surface area contributed by atoms with E-state index < -0.39 is 17.4 Å². The van der Waals surface area contributed by atoms with E-state index in [2.05, 4.69) is 204 Å². The third-order valence-corrected chi connectivity index (χ3v) is 18.6. The number of amides is 2. The molecule has 13 nitrogen and oxygen atoms in total. The van der Waals surface area contributed by atoms with Gasteiger partial charge >= 0.3 is 11.9 Å². The van der Waals surface area contributed by atoms with E-state index in [4.69, 9.17) is 9.47 Å². The molecule has 2 amide bonds. The number of ether oxygens (including phenoxy) is 2. The molecule has 0 radical (unpaired) electrons. The molecule has 2 aromatic carbocycles. The number of hydrogen-bond donors (Lipinski definition) is 5. The zero-order valence-corrected chi connectivity index (χ0v) is 55.5. The predicted molar refractivity (Wildman–Crippen MR) is 331 cm³/mol. The van der Waals surface area contributed by atoms with Crippen molar-refractivity contribution in [1.82, 2.24) is 31.1 Å². The molecule has 458 valence electrons. The maximum absolute atomic E-state index is 15.0. The Morgan fingerprint density at radius 3 is 1.17 bits per heavy atom. The minimum Gasteiger partial charge on any atom is -0.507 e. The Kier molecular flexibility index (Phi) is 19.9. The number of phenolic OH excluding ortho intramolecular Hbond substituents is 1. The molecule has 5 N–H and O–H groups in total. The van der Waals surface area contributed by atoms with Crippen LogP contribution in [-0.2, 0) is 36.3 Å². The van der Waals surface area contributed by atoms with E-state index in [9.17, 15) is 24.3 Å². The molecule has 0 unspecified atom stereocenters. The van der Waals surface area contributed by atoms with Crippen molar-refractivity contribution < 1.29 is 33.8 Å². The summed E-state index contributed by atoms with van der Waals surface area (Å²) in [5, 5.41) is 25.2. The minimum atomic E-state index is -1.54. The molecular formula is C68H114N6O7. The van der Waals surface area contributed by atoms with Gasteiger partial charge < -0.3 is 35.8 Å². The van der Waals surface area contributed by atoms with Gasteiger partial charge in [0.05, 0.1) is 0 Å². The van der Waals surface area contributed by atoms with Crippen molar-refractivity contribution in [2.75, 3.05) is 14.1 Å². The van der Waals surface area contributed by atoms with Gasteiger partial charge in [0.25, 0.3) is 11.8 Å². The number of piperidine rings is 4. The molecule has 0 spiro atoms. The fourth-order valence-electron chi connectivity index (χ4n) is 14.7. The summed E-state index contributed by atoms with van der Waals surface area (Å²) < 4.78 is 13.1. The molecule has 2 aromatic rings. The normalized spacial score (nSPS) is 23.1. The summed E-state index contributed by atoms with van der Waals surface area (Å²) in [6, 6.07) is 11.2. The number of carbonyl (C=O) groups is 4. The fraction of sp³-hybridized carbons (Fsp3) is 0.765. The van der Waals surface area contributed by atoms with Crippen LogP contribution in [0.2, 0.25) is 0 Å². The molecule has 4 heterocycles. The summed E-state index contributed by atoms with van der Waals surface area (Å²) in [5.41, 5.74) is 0.315. The smallest absolute Gasteiger partial charge is 0.324 e. The number of carbonyl (C=O) groups excluding carboxylic acids is 4. The van der Waals surface area contributed by atoms with Crippen molar-refractivity contribution in [1.29, 1.82) is 0 Å². The lowest BCUT2D eigenvalue weighted by Crippen LogP contribution is -2.62. The lowest BCUT2D eigenvalue weighted by atomic mass is 9.73. The van der Waals surface area contributed by atoms with Gasteiger partial charge in [-0.1, -0.05) is 79.5 Å². The van der Waals surface area contributed by atoms with E-state index in [-0.39, 0.29) is 103 Å². The number of aromatic hydroxyl groups is 1. The van der Waals surface area contributed by atoms with E-state index in [1.165, 1.54) is 0 Å². The van der Waals surface area contributed by atoms with Crippen molar-refractivity contribution >= 4 is 23.8 Å². The average Bonchev–Trinajstić information content (AvgIpc) is 3.48. The molecule has 0 saturated carbocycles. The second-order valence-electron chi connectivity index (χ2n) is 32.7. The molecule has 0 bridgehead atoms. The van der Waals surface area contributed by atoms with Crippen LogP contribution in [0, 0.1) is 5.41 Å². The first-order valence-electron chi connectivity index (χ1n) is 30.6. The number of esters is 2. The predicted octanol–water partition coefficient (Wildman–Crippen LogP) is 12.9. The van der Waals surface area contributed by atoms with Crippen molar-refractivity contribution in [2.24, 2.45) is 5.41 Å². The van der Waals surface area contributed by atoms with Gasteiger partial charge in [-0.15, -0.1) is 0 Å². The molecular weight excluding hydrogens is 1010 g/mol. The molecule has 4 fully saturated rings. The quantitative estimate of drug-likeness (QED) is 0.0959. The summed E-state index contributed by atoms with van der Waals surface area (Å²) >= 11 is 0. The highest BCUT2D eigenvalue weighted by molar-refractivity contribution is 6.01. The highest BCUT2D eigenvalue weighted by atomic mass is 16.6. The first kappa shape index (κ1) is 67.7. The number of hydrogen-bond acceptors (Lipinski definition) is 11. The standard InChI is InChI=1S/C42H72N2O5.C26H42N4O2/c1-18-19-20-42(34(46)48-29-24-38(8,9)43(16)39(10,11)25-29,35(47)49-30-26-40(12,13)44(17)41(14,15)27-30)23-28-21-31(36(2,3)4)33(45)32(22-28)37(5,6)7;1-23(2)13-19(14-24(3,4)29-23)27-21(31)17-10-9-11-18(12-17)22(32)28-20-15-25(5,6)30-26(7,8)16-20/h21-22,29-30,45H,18-20,23-27H2,1-17H3;9-12,19-20,29-30H,13-16H2,1-8H3,(H,27,31)(H,28,32). The second kappa shape index (κ2) is 23.8. The van der Waals surface area contributed by atoms with Crippen LogP contribution in [0.3, 0.4) is 0 Å². The Morgan fingerprint density at radius 1 is 0.556 bits per heavy atom. The molecule has 81 heavy (non-hydrogen) atoms. The van der Waals surface area contributed by atoms with Gasteiger partial charge in [-0.25, -0.2) is 0 Å². The maximum atomic E-state index is 15.0. The van der Waals surface area contributed by atoms with E-state index >= 15 is 0 Å². The molecule has 0 aromatic heterocycles. The minimum absolute atomic E-state index is 0.0438. The average molecular weight is 1130 g/mol. The van der Waals surface area contributed by atoms with Gasteiger partial charge in [-0.3, -0.25) is 29.0 Å². The number of nitrogens with one attached hydrogen (secondary N) is 4. The molecule has 4 saturated heterocycles. The first-order chi connectivity index (χ1) is 36.5. The number of nitrogens with zero attached hydrogens (tertiary/aromatic N) is 2. The molecule has 0 aliphatic carbocycles. The third kappa shape index (κ3) is 17.1. The maximum Gasteiger partial charge on any atom is 0.324 e. The zero-order valence-electron chi connectivity index (χ0n) is 55.5. The van der Waals surface area contributed by atoms with Crippen LogP contribution in [0.5, 0.6) is 5.75 Å². The van der Waals surface area contributed by atoms with Crippen molar-refractivity contribution in [3.8, 4) is 5.75 Å². The van der Waals surface area contributed by atoms with Crippen molar-refractivity contribution in [3.05, 3.63) is 64.2 Å². The van der Waals surface area contributed by atoms with Crippen LogP contribution in [-0.4, -0.2) is 121 Å². The summed E-state index contributed by atoms with van der Waals surface area (Å²) in [6.45, 7) is 49.4. The van der Waals surface area contributed by atoms with Gasteiger partial charge in [0.15, 0.2) is 5.41 Å². The Hall–Kier alpha value is -4.04.